The summed E-state index contributed by atoms with van der Waals surface area (Å²) in [6.45, 7) is 1.40. The van der Waals surface area contributed by atoms with Gasteiger partial charge in [0, 0.05) is 18.2 Å². The van der Waals surface area contributed by atoms with Gasteiger partial charge in [0.2, 0.25) is 0 Å². The fourth-order valence-corrected chi connectivity index (χ4v) is 2.24. The van der Waals surface area contributed by atoms with Crippen LogP contribution in [0.3, 0.4) is 0 Å². The lowest BCUT2D eigenvalue weighted by molar-refractivity contribution is -0.384. The number of nitro groups is 1. The fourth-order valence-electron chi connectivity index (χ4n) is 2.02. The zero-order valence-electron chi connectivity index (χ0n) is 13.8. The summed E-state index contributed by atoms with van der Waals surface area (Å²) < 4.78 is 4.85. The van der Waals surface area contributed by atoms with Crippen molar-refractivity contribution in [2.45, 2.75) is 6.92 Å². The maximum Gasteiger partial charge on any atom is 0.331 e. The number of amides is 1. The van der Waals surface area contributed by atoms with E-state index in [1.807, 2.05) is 31.2 Å². The minimum atomic E-state index is -0.668. The number of nitro benzene ring substituents is 1. The average Bonchev–Trinajstić information content (AvgIpc) is 2.60. The van der Waals surface area contributed by atoms with E-state index in [9.17, 15) is 19.7 Å². The normalized spacial score (nSPS) is 10.5. The predicted octanol–water partition coefficient (Wildman–Crippen LogP) is 3.75. The van der Waals surface area contributed by atoms with Gasteiger partial charge in [-0.3, -0.25) is 14.9 Å². The number of rotatable bonds is 6. The van der Waals surface area contributed by atoms with Crippen LogP contribution >= 0.6 is 11.6 Å². The molecule has 0 aliphatic rings. The Bertz CT molecular complexity index is 880. The molecule has 7 nitrogen and oxygen atoms in total. The third-order valence-corrected chi connectivity index (χ3v) is 3.68. The summed E-state index contributed by atoms with van der Waals surface area (Å²) in [5, 5.41) is 13.1. The zero-order valence-corrected chi connectivity index (χ0v) is 14.5. The molecule has 0 radical (unpaired) electrons. The molecule has 0 aromatic heterocycles. The van der Waals surface area contributed by atoms with Gasteiger partial charge in [0.25, 0.3) is 11.6 Å². The van der Waals surface area contributed by atoms with Crippen LogP contribution in [0, 0.1) is 17.0 Å². The monoisotopic (exact) mass is 374 g/mol. The van der Waals surface area contributed by atoms with Gasteiger partial charge in [-0.15, -0.1) is 0 Å². The molecule has 0 atom stereocenters. The number of hydrogen-bond donors (Lipinski definition) is 1. The number of non-ortho nitro benzene ring substituents is 1. The molecule has 0 unspecified atom stereocenters. The quantitative estimate of drug-likeness (QED) is 0.359. The van der Waals surface area contributed by atoms with E-state index in [4.69, 9.17) is 16.3 Å². The standard InChI is InChI=1S/C18H15ClN2O5/c1-12-4-2-3-5-13(12)6-9-18(23)26-11-17(22)20-16-8-7-14(21(24)25)10-15(16)19/h2-10H,11H2,1H3,(H,20,22)/b9-6+. The van der Waals surface area contributed by atoms with Gasteiger partial charge in [-0.05, 0) is 30.2 Å². The fraction of sp³-hybridized carbons (Fsp3) is 0.111. The van der Waals surface area contributed by atoms with Crippen molar-refractivity contribution in [3.05, 3.63) is 74.8 Å². The summed E-state index contributed by atoms with van der Waals surface area (Å²) >= 11 is 5.87. The predicted molar refractivity (Wildman–Crippen MR) is 97.9 cm³/mol. The Morgan fingerprint density at radius 2 is 2.00 bits per heavy atom. The molecule has 1 N–H and O–H groups in total. The van der Waals surface area contributed by atoms with Gasteiger partial charge in [-0.2, -0.15) is 0 Å². The van der Waals surface area contributed by atoms with Gasteiger partial charge in [0.15, 0.2) is 6.61 Å². The van der Waals surface area contributed by atoms with Crippen molar-refractivity contribution in [1.29, 1.82) is 0 Å². The number of esters is 1. The molecule has 0 spiro atoms. The highest BCUT2D eigenvalue weighted by Gasteiger charge is 2.12. The van der Waals surface area contributed by atoms with E-state index >= 15 is 0 Å². The van der Waals surface area contributed by atoms with Crippen LogP contribution in [0.25, 0.3) is 6.08 Å². The second-order valence-corrected chi connectivity index (χ2v) is 5.67. The lowest BCUT2D eigenvalue weighted by atomic mass is 10.1. The highest BCUT2D eigenvalue weighted by atomic mass is 35.5. The number of aryl methyl sites for hydroxylation is 1. The van der Waals surface area contributed by atoms with Gasteiger partial charge >= 0.3 is 5.97 Å². The first-order valence-corrected chi connectivity index (χ1v) is 7.89. The van der Waals surface area contributed by atoms with E-state index < -0.39 is 23.4 Å². The summed E-state index contributed by atoms with van der Waals surface area (Å²) in [5.41, 5.74) is 1.86. The molecule has 26 heavy (non-hydrogen) atoms. The van der Waals surface area contributed by atoms with E-state index in [0.29, 0.717) is 0 Å². The lowest BCUT2D eigenvalue weighted by Crippen LogP contribution is -2.20. The first kappa shape index (κ1) is 19.1. The number of benzene rings is 2. The van der Waals surface area contributed by atoms with E-state index in [1.54, 1.807) is 6.08 Å². The number of carbonyl (C=O) groups is 2. The van der Waals surface area contributed by atoms with Gasteiger partial charge in [0.1, 0.15) is 0 Å². The van der Waals surface area contributed by atoms with Crippen molar-refractivity contribution in [1.82, 2.24) is 0 Å². The second kappa shape index (κ2) is 8.77. The van der Waals surface area contributed by atoms with Crippen LogP contribution in [-0.4, -0.2) is 23.4 Å². The topological polar surface area (TPSA) is 98.5 Å². The maximum atomic E-state index is 11.8. The van der Waals surface area contributed by atoms with Gasteiger partial charge in [-0.1, -0.05) is 35.9 Å². The molecule has 0 saturated carbocycles. The smallest absolute Gasteiger partial charge is 0.331 e. The van der Waals surface area contributed by atoms with Crippen LogP contribution in [0.4, 0.5) is 11.4 Å². The number of halogens is 1. The van der Waals surface area contributed by atoms with Crippen molar-refractivity contribution in [2.75, 3.05) is 11.9 Å². The van der Waals surface area contributed by atoms with E-state index in [-0.39, 0.29) is 16.4 Å². The highest BCUT2D eigenvalue weighted by molar-refractivity contribution is 6.34. The molecule has 0 aliphatic heterocycles. The molecule has 2 rings (SSSR count). The Labute approximate surface area is 154 Å². The molecule has 1 amide bonds. The number of nitrogens with one attached hydrogen (secondary N) is 1. The summed E-state index contributed by atoms with van der Waals surface area (Å²) in [4.78, 5) is 33.5. The molecule has 0 saturated heterocycles. The molecule has 0 fully saturated rings. The van der Waals surface area contributed by atoms with Gasteiger partial charge in [-0.25, -0.2) is 4.79 Å². The van der Waals surface area contributed by atoms with Crippen LogP contribution < -0.4 is 5.32 Å². The van der Waals surface area contributed by atoms with Crippen LogP contribution in [-0.2, 0) is 14.3 Å². The molecule has 2 aromatic carbocycles. The van der Waals surface area contributed by atoms with Crippen molar-refractivity contribution < 1.29 is 19.2 Å². The molecular weight excluding hydrogens is 360 g/mol. The third-order valence-electron chi connectivity index (χ3n) is 3.37. The van der Waals surface area contributed by atoms with E-state index in [0.717, 1.165) is 17.2 Å². The Kier molecular flexibility index (Phi) is 6.46. The summed E-state index contributed by atoms with van der Waals surface area (Å²) in [6.07, 6.45) is 2.83. The SMILES string of the molecule is Cc1ccccc1/C=C/C(=O)OCC(=O)Nc1ccc([N+](=O)[O-])cc1Cl. The summed E-state index contributed by atoms with van der Waals surface area (Å²) in [5.74, 6) is -1.28. The maximum absolute atomic E-state index is 11.8. The molecule has 0 aliphatic carbocycles. The minimum absolute atomic E-state index is 0.0123. The Morgan fingerprint density at radius 3 is 2.65 bits per heavy atom. The second-order valence-electron chi connectivity index (χ2n) is 5.27. The van der Waals surface area contributed by atoms with Crippen molar-refractivity contribution >= 4 is 40.9 Å². The van der Waals surface area contributed by atoms with Crippen LogP contribution in [0.5, 0.6) is 0 Å². The first-order valence-electron chi connectivity index (χ1n) is 7.51. The molecule has 134 valence electrons. The first-order chi connectivity index (χ1) is 12.4. The molecule has 0 bridgehead atoms. The number of anilines is 1. The van der Waals surface area contributed by atoms with Crippen molar-refractivity contribution in [3.8, 4) is 0 Å². The molecular formula is C18H15ClN2O5. The third kappa shape index (κ3) is 5.42. The summed E-state index contributed by atoms with van der Waals surface area (Å²) in [7, 11) is 0. The number of nitrogens with zero attached hydrogens (tertiary/aromatic N) is 1. The Morgan fingerprint density at radius 1 is 1.27 bits per heavy atom. The molecule has 8 heteroatoms. The molecule has 2 aromatic rings. The van der Waals surface area contributed by atoms with Crippen LogP contribution in [0.2, 0.25) is 5.02 Å². The lowest BCUT2D eigenvalue weighted by Gasteiger charge is -2.07. The molecule has 0 heterocycles. The zero-order chi connectivity index (χ0) is 19.1. The van der Waals surface area contributed by atoms with Crippen molar-refractivity contribution in [3.63, 3.8) is 0 Å². The summed E-state index contributed by atoms with van der Waals surface area (Å²) in [6, 6.07) is 11.1. The van der Waals surface area contributed by atoms with E-state index in [2.05, 4.69) is 5.32 Å². The number of carbonyl (C=O) groups excluding carboxylic acids is 2. The van der Waals surface area contributed by atoms with Crippen LogP contribution in [0.15, 0.2) is 48.5 Å². The van der Waals surface area contributed by atoms with Gasteiger partial charge < -0.3 is 10.1 Å². The number of hydrogen-bond acceptors (Lipinski definition) is 5. The highest BCUT2D eigenvalue weighted by Crippen LogP contribution is 2.26. The average molecular weight is 375 g/mol. The number of ether oxygens (including phenoxy) is 1. The van der Waals surface area contributed by atoms with Crippen LogP contribution in [0.1, 0.15) is 11.1 Å². The minimum Gasteiger partial charge on any atom is -0.452 e. The van der Waals surface area contributed by atoms with E-state index in [1.165, 1.54) is 18.2 Å². The Balaban J connectivity index is 1.88. The Hall–Kier alpha value is -3.19. The van der Waals surface area contributed by atoms with Crippen molar-refractivity contribution in [2.24, 2.45) is 0 Å². The largest absolute Gasteiger partial charge is 0.452 e. The van der Waals surface area contributed by atoms with Gasteiger partial charge in [0.05, 0.1) is 15.6 Å².